The Morgan fingerprint density at radius 3 is 2.45 bits per heavy atom. The van der Waals surface area contributed by atoms with Crippen molar-refractivity contribution in [3.05, 3.63) is 24.3 Å². The van der Waals surface area contributed by atoms with Gasteiger partial charge >= 0.3 is 0 Å². The Morgan fingerprint density at radius 2 is 1.91 bits per heavy atom. The molecule has 0 amide bonds. The first-order valence-electron chi connectivity index (χ1n) is 3.65. The van der Waals surface area contributed by atoms with Gasteiger partial charge in [-0.1, -0.05) is 37.0 Å². The number of allylic oxidation sites excluding steroid dienone is 4. The van der Waals surface area contributed by atoms with Crippen LogP contribution in [0.15, 0.2) is 24.3 Å². The number of hydrogen-bond acceptors (Lipinski definition) is 0. The zero-order valence-electron chi connectivity index (χ0n) is 6.37. The molecular weight excluding hydrogens is 175 g/mol. The molecule has 5 radical (unpaired) electrons. The molecule has 0 bridgehead atoms. The molecule has 0 saturated heterocycles. The molecule has 1 aliphatic carbocycles. The second kappa shape index (κ2) is 6.86. The summed E-state index contributed by atoms with van der Waals surface area (Å²) >= 11 is 0. The van der Waals surface area contributed by atoms with E-state index in [1.165, 1.54) is 6.42 Å². The van der Waals surface area contributed by atoms with Gasteiger partial charge in [0, 0.05) is 31.6 Å². The Hall–Kier alpha value is 0.181. The van der Waals surface area contributed by atoms with Crippen molar-refractivity contribution in [1.82, 2.24) is 0 Å². The topological polar surface area (TPSA) is 0 Å². The van der Waals surface area contributed by atoms with E-state index < -0.39 is 0 Å². The Bertz CT molecular complexity index is 133. The van der Waals surface area contributed by atoms with Crippen molar-refractivity contribution < 1.29 is 16.8 Å². The molecular formula is C7H9B3Co. The van der Waals surface area contributed by atoms with Crippen molar-refractivity contribution >= 4 is 22.0 Å². The molecule has 55 valence electrons. The predicted molar refractivity (Wildman–Crippen MR) is 48.5 cm³/mol. The Kier molecular flexibility index (Phi) is 6.98. The second-order valence-corrected chi connectivity index (χ2v) is 2.44. The zero-order valence-corrected chi connectivity index (χ0v) is 7.41. The second-order valence-electron chi connectivity index (χ2n) is 2.44. The van der Waals surface area contributed by atoms with E-state index in [0.717, 1.165) is 6.32 Å². The van der Waals surface area contributed by atoms with Gasteiger partial charge in [0.1, 0.15) is 0 Å². The van der Waals surface area contributed by atoms with Gasteiger partial charge in [0.15, 0.2) is 0 Å². The Morgan fingerprint density at radius 1 is 1.27 bits per heavy atom. The van der Waals surface area contributed by atoms with Crippen LogP contribution in [0, 0.1) is 5.92 Å². The molecule has 0 saturated carbocycles. The molecule has 0 aromatic rings. The van der Waals surface area contributed by atoms with Crippen molar-refractivity contribution in [2.24, 2.45) is 5.92 Å². The minimum atomic E-state index is 0. The third-order valence-electron chi connectivity index (χ3n) is 1.63. The van der Waals surface area contributed by atoms with Crippen LogP contribution in [-0.4, -0.2) is 22.0 Å². The van der Waals surface area contributed by atoms with Crippen LogP contribution in [0.3, 0.4) is 0 Å². The molecule has 0 aliphatic heterocycles. The molecule has 4 heteroatoms. The summed E-state index contributed by atoms with van der Waals surface area (Å²) in [6.07, 6.45) is 10.9. The fraction of sp³-hybridized carbons (Fsp3) is 0.429. The zero-order chi connectivity index (χ0) is 7.23. The molecule has 0 heterocycles. The fourth-order valence-electron chi connectivity index (χ4n) is 1.06. The fourth-order valence-corrected chi connectivity index (χ4v) is 1.06. The molecule has 11 heavy (non-hydrogen) atoms. The molecule has 0 nitrogen and oxygen atoms in total. The van der Waals surface area contributed by atoms with E-state index in [9.17, 15) is 0 Å². The van der Waals surface area contributed by atoms with Gasteiger partial charge < -0.3 is 0 Å². The van der Waals surface area contributed by atoms with Gasteiger partial charge in [0.2, 0.25) is 0 Å². The molecule has 0 aromatic heterocycles. The summed E-state index contributed by atoms with van der Waals surface area (Å²) in [5, 5.41) is 0. The third-order valence-corrected chi connectivity index (χ3v) is 1.63. The number of hydrogen-bond donors (Lipinski definition) is 0. The van der Waals surface area contributed by atoms with Crippen molar-refractivity contribution in [3.8, 4) is 0 Å². The van der Waals surface area contributed by atoms with Crippen LogP contribution in [0.4, 0.5) is 0 Å². The summed E-state index contributed by atoms with van der Waals surface area (Å²) < 4.78 is 0. The molecule has 0 aromatic carbocycles. The van der Waals surface area contributed by atoms with Gasteiger partial charge in [-0.3, -0.25) is 0 Å². The predicted octanol–water partition coefficient (Wildman–Crippen LogP) is 0.941. The first-order valence-corrected chi connectivity index (χ1v) is 3.65. The van der Waals surface area contributed by atoms with Crippen LogP contribution in [0.2, 0.25) is 6.32 Å². The van der Waals surface area contributed by atoms with Crippen LogP contribution in [0.1, 0.15) is 6.42 Å². The van der Waals surface area contributed by atoms with Gasteiger partial charge in [-0.05, 0) is 5.92 Å². The average molecular weight is 185 g/mol. The number of rotatable bonds is 4. The van der Waals surface area contributed by atoms with Crippen LogP contribution in [0.25, 0.3) is 0 Å². The molecule has 0 fully saturated rings. The molecule has 0 unspecified atom stereocenters. The van der Waals surface area contributed by atoms with E-state index in [-0.39, 0.29) is 16.8 Å². The first-order chi connectivity index (χ1) is 4.93. The summed E-state index contributed by atoms with van der Waals surface area (Å²) in [6, 6.07) is 0. The van der Waals surface area contributed by atoms with Crippen molar-refractivity contribution in [2.75, 3.05) is 0 Å². The van der Waals surface area contributed by atoms with Gasteiger partial charge in [-0.15, -0.1) is 0 Å². The Labute approximate surface area is 82.0 Å². The van der Waals surface area contributed by atoms with Crippen molar-refractivity contribution in [1.29, 1.82) is 0 Å². The van der Waals surface area contributed by atoms with E-state index >= 15 is 0 Å². The maximum absolute atomic E-state index is 5.20. The van der Waals surface area contributed by atoms with Crippen LogP contribution < -0.4 is 0 Å². The minimum Gasteiger partial charge on any atom is -0.0886 e. The summed E-state index contributed by atoms with van der Waals surface area (Å²) in [6.45, 7) is 0. The molecule has 0 spiro atoms. The van der Waals surface area contributed by atoms with Crippen molar-refractivity contribution in [3.63, 3.8) is 0 Å². The maximum Gasteiger partial charge on any atom is 0.0545 e. The van der Waals surface area contributed by atoms with E-state index in [1.807, 2.05) is 7.17 Å². The largest absolute Gasteiger partial charge is 0.0886 e. The van der Waals surface area contributed by atoms with Crippen LogP contribution >= 0.6 is 0 Å². The van der Waals surface area contributed by atoms with Gasteiger partial charge in [0.25, 0.3) is 0 Å². The van der Waals surface area contributed by atoms with Crippen LogP contribution in [0.5, 0.6) is 0 Å². The van der Waals surface area contributed by atoms with E-state index in [4.69, 9.17) is 7.74 Å². The van der Waals surface area contributed by atoms with E-state index in [2.05, 4.69) is 24.3 Å². The standard InChI is InChI=1S/C7H9B3.Co/c8-10-9-6-5-7-3-1-2-4-7;/h1-4,7H,5-6H2;. The average Bonchev–Trinajstić information content (AvgIpc) is 2.41. The smallest absolute Gasteiger partial charge is 0.0545 e. The molecule has 1 aliphatic rings. The quantitative estimate of drug-likeness (QED) is 0.451. The maximum atomic E-state index is 5.20. The summed E-state index contributed by atoms with van der Waals surface area (Å²) in [7, 11) is 8.81. The summed E-state index contributed by atoms with van der Waals surface area (Å²) in [4.78, 5) is 0. The molecule has 0 atom stereocenters. The van der Waals surface area contributed by atoms with Gasteiger partial charge in [-0.25, -0.2) is 0 Å². The monoisotopic (exact) mass is 185 g/mol. The summed E-state index contributed by atoms with van der Waals surface area (Å²) in [5.41, 5.74) is 0. The Balaban J connectivity index is 0.000001000. The van der Waals surface area contributed by atoms with E-state index in [1.54, 1.807) is 7.06 Å². The van der Waals surface area contributed by atoms with Gasteiger partial charge in [0.05, 0.1) is 7.17 Å². The normalized spacial score (nSPS) is 14.5. The van der Waals surface area contributed by atoms with Crippen LogP contribution in [-0.2, 0) is 16.8 Å². The third kappa shape index (κ3) is 4.59. The van der Waals surface area contributed by atoms with Gasteiger partial charge in [-0.2, -0.15) is 0 Å². The SMILES string of the molecule is [B][B][B]CCC1C=CC=C1.[Co]. The minimum absolute atomic E-state index is 0. The molecule has 0 N–H and O–H groups in total. The summed E-state index contributed by atoms with van der Waals surface area (Å²) in [5.74, 6) is 0.649. The van der Waals surface area contributed by atoms with Crippen molar-refractivity contribution in [2.45, 2.75) is 12.7 Å². The first kappa shape index (κ1) is 11.2. The molecule has 1 rings (SSSR count). The van der Waals surface area contributed by atoms with E-state index in [0.29, 0.717) is 5.92 Å².